The van der Waals surface area contributed by atoms with Crippen LogP contribution in [0.5, 0.6) is 0 Å². The lowest BCUT2D eigenvalue weighted by atomic mass is 10.1. The van der Waals surface area contributed by atoms with E-state index in [4.69, 9.17) is 17.0 Å². The van der Waals surface area contributed by atoms with Gasteiger partial charge in [0.2, 0.25) is 0 Å². The third kappa shape index (κ3) is 7.24. The Hall–Kier alpha value is -1.42. The number of alkyl carbamates (subject to hydrolysis) is 1. The number of ether oxygens (including phenoxy) is 1. The Morgan fingerprint density at radius 3 is 2.40 bits per heavy atom. The van der Waals surface area contributed by atoms with Crippen molar-refractivity contribution in [1.82, 2.24) is 5.32 Å². The molecule has 0 aliphatic carbocycles. The number of rotatable bonds is 4. The molecule has 0 spiro atoms. The zero-order chi connectivity index (χ0) is 15.2. The van der Waals surface area contributed by atoms with Gasteiger partial charge in [-0.05, 0) is 52.5 Å². The van der Waals surface area contributed by atoms with Gasteiger partial charge in [-0.3, -0.25) is 5.32 Å². The predicted octanol–water partition coefficient (Wildman–Crippen LogP) is 4.17. The quantitative estimate of drug-likeness (QED) is 0.847. The monoisotopic (exact) mass is 293 g/mol. The number of aryl methyl sites for hydroxylation is 2. The Morgan fingerprint density at radius 1 is 1.25 bits per heavy atom. The van der Waals surface area contributed by atoms with Gasteiger partial charge in [0.05, 0.1) is 4.99 Å². The SMILES string of the molecule is Cc1ccc(CCCC(=S)NC(=O)OC(C)(C)C)cc1. The Bertz CT molecular complexity index is 460. The van der Waals surface area contributed by atoms with Gasteiger partial charge in [-0.2, -0.15) is 0 Å². The van der Waals surface area contributed by atoms with Crippen LogP contribution in [0.1, 0.15) is 44.7 Å². The average Bonchev–Trinajstić information content (AvgIpc) is 2.29. The van der Waals surface area contributed by atoms with Crippen LogP contribution in [0.3, 0.4) is 0 Å². The minimum atomic E-state index is -0.498. The van der Waals surface area contributed by atoms with Crippen molar-refractivity contribution in [2.24, 2.45) is 0 Å². The Kier molecular flexibility index (Phi) is 6.14. The van der Waals surface area contributed by atoms with E-state index in [2.05, 4.69) is 36.5 Å². The fraction of sp³-hybridized carbons (Fsp3) is 0.500. The molecule has 1 amide bonds. The van der Waals surface area contributed by atoms with E-state index in [1.54, 1.807) is 0 Å². The fourth-order valence-corrected chi connectivity index (χ4v) is 1.92. The van der Waals surface area contributed by atoms with E-state index in [0.29, 0.717) is 11.4 Å². The molecular formula is C16H23NO2S. The van der Waals surface area contributed by atoms with Crippen molar-refractivity contribution < 1.29 is 9.53 Å². The number of hydrogen-bond donors (Lipinski definition) is 1. The molecule has 4 heteroatoms. The fourth-order valence-electron chi connectivity index (χ4n) is 1.69. The maximum Gasteiger partial charge on any atom is 0.412 e. The van der Waals surface area contributed by atoms with Crippen molar-refractivity contribution in [3.8, 4) is 0 Å². The van der Waals surface area contributed by atoms with Gasteiger partial charge in [-0.1, -0.05) is 42.0 Å². The molecule has 0 aliphatic rings. The van der Waals surface area contributed by atoms with Gasteiger partial charge >= 0.3 is 6.09 Å². The van der Waals surface area contributed by atoms with E-state index in [9.17, 15) is 4.79 Å². The number of benzene rings is 1. The largest absolute Gasteiger partial charge is 0.444 e. The normalized spacial score (nSPS) is 11.0. The first kappa shape index (κ1) is 16.6. The molecule has 1 N–H and O–H groups in total. The van der Waals surface area contributed by atoms with E-state index in [1.165, 1.54) is 11.1 Å². The molecule has 20 heavy (non-hydrogen) atoms. The molecule has 0 fully saturated rings. The summed E-state index contributed by atoms with van der Waals surface area (Å²) in [6.45, 7) is 7.55. The molecule has 0 saturated heterocycles. The van der Waals surface area contributed by atoms with E-state index in [1.807, 2.05) is 20.8 Å². The summed E-state index contributed by atoms with van der Waals surface area (Å²) in [4.78, 5) is 12.1. The van der Waals surface area contributed by atoms with Crippen LogP contribution in [-0.2, 0) is 11.2 Å². The highest BCUT2D eigenvalue weighted by Crippen LogP contribution is 2.09. The summed E-state index contributed by atoms with van der Waals surface area (Å²) in [6.07, 6.45) is 2.08. The Balaban J connectivity index is 2.26. The van der Waals surface area contributed by atoms with Gasteiger partial charge in [0.15, 0.2) is 0 Å². The van der Waals surface area contributed by atoms with Crippen LogP contribution >= 0.6 is 12.2 Å². The summed E-state index contributed by atoms with van der Waals surface area (Å²) in [7, 11) is 0. The van der Waals surface area contributed by atoms with Crippen LogP contribution in [0.15, 0.2) is 24.3 Å². The van der Waals surface area contributed by atoms with Crippen LogP contribution in [0, 0.1) is 6.92 Å². The van der Waals surface area contributed by atoms with Gasteiger partial charge in [-0.15, -0.1) is 0 Å². The molecule has 1 rings (SSSR count). The lowest BCUT2D eigenvalue weighted by Crippen LogP contribution is -2.35. The first-order chi connectivity index (χ1) is 9.26. The zero-order valence-electron chi connectivity index (χ0n) is 12.7. The molecule has 0 atom stereocenters. The highest BCUT2D eigenvalue weighted by molar-refractivity contribution is 7.80. The number of thiocarbonyl (C=S) groups is 1. The van der Waals surface area contributed by atoms with Crippen LogP contribution in [0.25, 0.3) is 0 Å². The maximum atomic E-state index is 11.5. The molecule has 0 aromatic heterocycles. The van der Waals surface area contributed by atoms with Crippen LogP contribution < -0.4 is 5.32 Å². The third-order valence-electron chi connectivity index (χ3n) is 2.63. The van der Waals surface area contributed by atoms with Crippen molar-refractivity contribution >= 4 is 23.3 Å². The summed E-state index contributed by atoms with van der Waals surface area (Å²) >= 11 is 5.14. The van der Waals surface area contributed by atoms with E-state index >= 15 is 0 Å². The summed E-state index contributed by atoms with van der Waals surface area (Å²) in [5.74, 6) is 0. The molecule has 1 aromatic rings. The van der Waals surface area contributed by atoms with Crippen LogP contribution in [0.2, 0.25) is 0 Å². The van der Waals surface area contributed by atoms with E-state index < -0.39 is 11.7 Å². The molecule has 3 nitrogen and oxygen atoms in total. The predicted molar refractivity (Wildman–Crippen MR) is 86.1 cm³/mol. The number of nitrogens with one attached hydrogen (secondary N) is 1. The number of amides is 1. The van der Waals surface area contributed by atoms with Gasteiger partial charge in [0.1, 0.15) is 5.60 Å². The maximum absolute atomic E-state index is 11.5. The summed E-state index contributed by atoms with van der Waals surface area (Å²) in [5, 5.41) is 2.60. The highest BCUT2D eigenvalue weighted by Gasteiger charge is 2.16. The van der Waals surface area contributed by atoms with Gasteiger partial charge in [-0.25, -0.2) is 4.79 Å². The topological polar surface area (TPSA) is 38.3 Å². The molecule has 0 heterocycles. The highest BCUT2D eigenvalue weighted by atomic mass is 32.1. The lowest BCUT2D eigenvalue weighted by molar-refractivity contribution is 0.0563. The smallest absolute Gasteiger partial charge is 0.412 e. The lowest BCUT2D eigenvalue weighted by Gasteiger charge is -2.19. The van der Waals surface area contributed by atoms with E-state index in [0.717, 1.165) is 12.8 Å². The van der Waals surface area contributed by atoms with E-state index in [-0.39, 0.29) is 0 Å². The second-order valence-electron chi connectivity index (χ2n) is 5.89. The second-order valence-corrected chi connectivity index (χ2v) is 6.38. The minimum absolute atomic E-state index is 0.474. The number of hydrogen-bond acceptors (Lipinski definition) is 3. The molecule has 0 aliphatic heterocycles. The molecule has 0 saturated carbocycles. The standard InChI is InChI=1S/C16H23NO2S/c1-12-8-10-13(11-9-12)6-5-7-14(20)17-15(18)19-16(2,3)4/h8-11H,5-7H2,1-4H3,(H,17,18,20). The molecule has 1 aromatic carbocycles. The van der Waals surface area contributed by atoms with Gasteiger partial charge in [0, 0.05) is 0 Å². The summed E-state index contributed by atoms with van der Waals surface area (Å²) < 4.78 is 5.15. The molecule has 0 bridgehead atoms. The Labute approximate surface area is 126 Å². The Morgan fingerprint density at radius 2 is 1.85 bits per heavy atom. The van der Waals surface area contributed by atoms with Crippen molar-refractivity contribution in [2.75, 3.05) is 0 Å². The molecular weight excluding hydrogens is 270 g/mol. The van der Waals surface area contributed by atoms with Crippen LogP contribution in [-0.4, -0.2) is 16.7 Å². The van der Waals surface area contributed by atoms with Crippen molar-refractivity contribution in [3.05, 3.63) is 35.4 Å². The first-order valence-corrected chi connectivity index (χ1v) is 7.25. The van der Waals surface area contributed by atoms with Gasteiger partial charge < -0.3 is 4.74 Å². The van der Waals surface area contributed by atoms with Crippen molar-refractivity contribution in [3.63, 3.8) is 0 Å². The van der Waals surface area contributed by atoms with Gasteiger partial charge in [0.25, 0.3) is 0 Å². The minimum Gasteiger partial charge on any atom is -0.444 e. The molecule has 110 valence electrons. The third-order valence-corrected chi connectivity index (χ3v) is 2.94. The molecule has 0 unspecified atom stereocenters. The van der Waals surface area contributed by atoms with Crippen molar-refractivity contribution in [2.45, 2.75) is 52.6 Å². The van der Waals surface area contributed by atoms with Crippen molar-refractivity contribution in [1.29, 1.82) is 0 Å². The average molecular weight is 293 g/mol. The number of carbonyl (C=O) groups excluding carboxylic acids is 1. The zero-order valence-corrected chi connectivity index (χ0v) is 13.5. The second kappa shape index (κ2) is 7.39. The number of carbonyl (C=O) groups is 1. The van der Waals surface area contributed by atoms with Crippen LogP contribution in [0.4, 0.5) is 4.79 Å². The first-order valence-electron chi connectivity index (χ1n) is 6.84. The molecule has 0 radical (unpaired) electrons. The summed E-state index contributed by atoms with van der Waals surface area (Å²) in [6, 6.07) is 8.46. The summed E-state index contributed by atoms with van der Waals surface area (Å²) in [5.41, 5.74) is 2.05.